The van der Waals surface area contributed by atoms with Gasteiger partial charge in [0.1, 0.15) is 5.25 Å². The van der Waals surface area contributed by atoms with Crippen molar-refractivity contribution in [3.63, 3.8) is 0 Å². The molecule has 0 aromatic rings. The molecule has 0 radical (unpaired) electrons. The van der Waals surface area contributed by atoms with Gasteiger partial charge in [0, 0.05) is 18.8 Å². The Kier molecular flexibility index (Phi) is 2.19. The summed E-state index contributed by atoms with van der Waals surface area (Å²) in [6.07, 6.45) is 0. The molecule has 2 nitrogen and oxygen atoms in total. The summed E-state index contributed by atoms with van der Waals surface area (Å²) in [5.41, 5.74) is 0. The van der Waals surface area contributed by atoms with Crippen LogP contribution in [0.1, 0.15) is 0 Å². The van der Waals surface area contributed by atoms with Gasteiger partial charge in [-0.2, -0.15) is 5.26 Å². The lowest BCUT2D eigenvalue weighted by Gasteiger charge is -2.15. The molecule has 1 fully saturated rings. The van der Waals surface area contributed by atoms with E-state index in [2.05, 4.69) is 11.4 Å². The summed E-state index contributed by atoms with van der Waals surface area (Å²) in [6, 6.07) is 2.20. The first kappa shape index (κ1) is 5.93. The molecule has 1 atom stereocenters. The Balaban J connectivity index is 2.25. The molecule has 1 heterocycles. The highest BCUT2D eigenvalue weighted by molar-refractivity contribution is 8.00. The lowest BCUT2D eigenvalue weighted by atomic mass is 10.4. The Labute approximate surface area is 53.3 Å². The second kappa shape index (κ2) is 2.95. The van der Waals surface area contributed by atoms with Crippen molar-refractivity contribution in [1.82, 2.24) is 5.32 Å². The van der Waals surface area contributed by atoms with Crippen LogP contribution in [0.2, 0.25) is 0 Å². The van der Waals surface area contributed by atoms with Crippen LogP contribution in [0.3, 0.4) is 0 Å². The van der Waals surface area contributed by atoms with Crippen molar-refractivity contribution in [3.8, 4) is 6.07 Å². The fraction of sp³-hybridized carbons (Fsp3) is 0.800. The summed E-state index contributed by atoms with van der Waals surface area (Å²) in [6.45, 7) is 1.92. The van der Waals surface area contributed by atoms with Crippen LogP contribution in [0.5, 0.6) is 0 Å². The minimum absolute atomic E-state index is 0.198. The second-order valence-electron chi connectivity index (χ2n) is 1.69. The second-order valence-corrected chi connectivity index (χ2v) is 3.00. The van der Waals surface area contributed by atoms with E-state index in [-0.39, 0.29) is 5.25 Å². The van der Waals surface area contributed by atoms with Crippen LogP contribution >= 0.6 is 11.8 Å². The van der Waals surface area contributed by atoms with E-state index in [0.29, 0.717) is 0 Å². The highest BCUT2D eigenvalue weighted by atomic mass is 32.2. The Morgan fingerprint density at radius 1 is 1.75 bits per heavy atom. The zero-order valence-corrected chi connectivity index (χ0v) is 5.37. The van der Waals surface area contributed by atoms with Gasteiger partial charge in [-0.1, -0.05) is 0 Å². The van der Waals surface area contributed by atoms with Gasteiger partial charge in [-0.3, -0.25) is 0 Å². The minimum Gasteiger partial charge on any atom is -0.314 e. The van der Waals surface area contributed by atoms with Crippen molar-refractivity contribution in [2.24, 2.45) is 0 Å². The third kappa shape index (κ3) is 1.39. The zero-order chi connectivity index (χ0) is 5.82. The van der Waals surface area contributed by atoms with Crippen molar-refractivity contribution >= 4 is 11.8 Å². The predicted octanol–water partition coefficient (Wildman–Crippen LogP) is 0.215. The van der Waals surface area contributed by atoms with Crippen LogP contribution in [0.25, 0.3) is 0 Å². The van der Waals surface area contributed by atoms with Crippen LogP contribution in [0.15, 0.2) is 0 Å². The number of thioether (sulfide) groups is 1. The molecule has 0 spiro atoms. The molecule has 1 saturated heterocycles. The van der Waals surface area contributed by atoms with E-state index < -0.39 is 0 Å². The Bertz CT molecular complexity index is 101. The third-order valence-electron chi connectivity index (χ3n) is 1.07. The van der Waals surface area contributed by atoms with Gasteiger partial charge in [0.25, 0.3) is 0 Å². The summed E-state index contributed by atoms with van der Waals surface area (Å²) in [7, 11) is 0. The topological polar surface area (TPSA) is 35.8 Å². The van der Waals surface area contributed by atoms with Crippen LogP contribution in [-0.2, 0) is 0 Å². The molecule has 0 aromatic carbocycles. The molecule has 0 unspecified atom stereocenters. The third-order valence-corrected chi connectivity index (χ3v) is 2.19. The van der Waals surface area contributed by atoms with E-state index in [1.807, 2.05) is 0 Å². The molecule has 44 valence electrons. The molecule has 0 saturated carbocycles. The summed E-state index contributed by atoms with van der Waals surface area (Å²) in [5.74, 6) is 1.08. The Hall–Kier alpha value is -0.200. The summed E-state index contributed by atoms with van der Waals surface area (Å²) >= 11 is 1.74. The molecule has 0 amide bonds. The molecule has 1 N–H and O–H groups in total. The van der Waals surface area contributed by atoms with Gasteiger partial charge in [0.05, 0.1) is 6.07 Å². The predicted molar refractivity (Wildman–Crippen MR) is 34.7 cm³/mol. The van der Waals surface area contributed by atoms with Crippen molar-refractivity contribution < 1.29 is 0 Å². The molecule has 1 aliphatic rings. The minimum atomic E-state index is 0.198. The number of hydrogen-bond acceptors (Lipinski definition) is 3. The van der Waals surface area contributed by atoms with Gasteiger partial charge < -0.3 is 5.32 Å². The maximum absolute atomic E-state index is 8.38. The first-order valence-electron chi connectivity index (χ1n) is 2.65. The fourth-order valence-electron chi connectivity index (χ4n) is 0.648. The first-order chi connectivity index (χ1) is 3.93. The highest BCUT2D eigenvalue weighted by Crippen LogP contribution is 2.10. The lowest BCUT2D eigenvalue weighted by Crippen LogP contribution is -2.31. The largest absolute Gasteiger partial charge is 0.314 e. The molecule has 3 heteroatoms. The SMILES string of the molecule is N#C[C@@H]1CNCCS1. The van der Waals surface area contributed by atoms with Gasteiger partial charge in [-0.25, -0.2) is 0 Å². The smallest absolute Gasteiger partial charge is 0.104 e. The molecule has 8 heavy (non-hydrogen) atoms. The molecule has 1 aliphatic heterocycles. The average molecular weight is 128 g/mol. The van der Waals surface area contributed by atoms with E-state index in [9.17, 15) is 0 Å². The number of nitrogens with zero attached hydrogens (tertiary/aromatic N) is 1. The molecule has 0 aromatic heterocycles. The van der Waals surface area contributed by atoms with E-state index >= 15 is 0 Å². The highest BCUT2D eigenvalue weighted by Gasteiger charge is 2.10. The van der Waals surface area contributed by atoms with Crippen molar-refractivity contribution in [3.05, 3.63) is 0 Å². The number of hydrogen-bond donors (Lipinski definition) is 1. The first-order valence-corrected chi connectivity index (χ1v) is 3.70. The normalized spacial score (nSPS) is 29.1. The van der Waals surface area contributed by atoms with E-state index in [0.717, 1.165) is 18.8 Å². The molecule has 1 rings (SSSR count). The van der Waals surface area contributed by atoms with Gasteiger partial charge in [-0.15, -0.1) is 11.8 Å². The van der Waals surface area contributed by atoms with Gasteiger partial charge in [-0.05, 0) is 0 Å². The zero-order valence-electron chi connectivity index (χ0n) is 4.55. The standard InChI is InChI=1S/C5H8N2S/c6-3-5-4-7-1-2-8-5/h5,7H,1-2,4H2/t5-/m1/s1. The van der Waals surface area contributed by atoms with Gasteiger partial charge >= 0.3 is 0 Å². The van der Waals surface area contributed by atoms with E-state index in [1.54, 1.807) is 11.8 Å². The summed E-state index contributed by atoms with van der Waals surface area (Å²) < 4.78 is 0. The quantitative estimate of drug-likeness (QED) is 0.506. The van der Waals surface area contributed by atoms with Crippen molar-refractivity contribution in [2.75, 3.05) is 18.8 Å². The molecule has 0 aliphatic carbocycles. The summed E-state index contributed by atoms with van der Waals surface area (Å²) in [5, 5.41) is 11.7. The molecule has 0 bridgehead atoms. The summed E-state index contributed by atoms with van der Waals surface area (Å²) in [4.78, 5) is 0. The van der Waals surface area contributed by atoms with Gasteiger partial charge in [0.15, 0.2) is 0 Å². The Morgan fingerprint density at radius 2 is 2.62 bits per heavy atom. The average Bonchev–Trinajstić information content (AvgIpc) is 1.90. The van der Waals surface area contributed by atoms with Crippen LogP contribution in [-0.4, -0.2) is 24.1 Å². The van der Waals surface area contributed by atoms with Crippen LogP contribution in [0, 0.1) is 11.3 Å². The lowest BCUT2D eigenvalue weighted by molar-refractivity contribution is 0.722. The number of nitriles is 1. The van der Waals surface area contributed by atoms with E-state index in [4.69, 9.17) is 5.26 Å². The van der Waals surface area contributed by atoms with Crippen molar-refractivity contribution in [1.29, 1.82) is 5.26 Å². The van der Waals surface area contributed by atoms with Gasteiger partial charge in [0.2, 0.25) is 0 Å². The van der Waals surface area contributed by atoms with Crippen LogP contribution < -0.4 is 5.32 Å². The maximum atomic E-state index is 8.38. The molecular weight excluding hydrogens is 120 g/mol. The number of rotatable bonds is 0. The fourth-order valence-corrected chi connectivity index (χ4v) is 1.51. The van der Waals surface area contributed by atoms with E-state index in [1.165, 1.54) is 0 Å². The number of nitrogens with one attached hydrogen (secondary N) is 1. The monoisotopic (exact) mass is 128 g/mol. The Morgan fingerprint density at radius 3 is 3.00 bits per heavy atom. The van der Waals surface area contributed by atoms with Crippen molar-refractivity contribution in [2.45, 2.75) is 5.25 Å². The maximum Gasteiger partial charge on any atom is 0.104 e. The molecular formula is C5H8N2S. The van der Waals surface area contributed by atoms with Crippen LogP contribution in [0.4, 0.5) is 0 Å².